The minimum absolute atomic E-state index is 0.0566. The summed E-state index contributed by atoms with van der Waals surface area (Å²) in [5.74, 6) is -0.176. The van der Waals surface area contributed by atoms with Crippen LogP contribution in [0, 0.1) is 13.8 Å². The number of nitrogens with zero attached hydrogens (tertiary/aromatic N) is 1. The van der Waals surface area contributed by atoms with Crippen molar-refractivity contribution in [2.75, 3.05) is 18.5 Å². The number of aliphatic hydroxyl groups is 1. The molecule has 0 aliphatic carbocycles. The molecule has 1 amide bonds. The van der Waals surface area contributed by atoms with Crippen molar-refractivity contribution >= 4 is 22.9 Å². The average molecular weight is 305 g/mol. The summed E-state index contributed by atoms with van der Waals surface area (Å²) in [6.45, 7) is 4.95. The van der Waals surface area contributed by atoms with Crippen molar-refractivity contribution in [3.8, 4) is 0 Å². The molecule has 2 aromatic rings. The SMILES string of the molecule is Cc1nc(C)c(CNc2ccc(C(=O)NCCO)cc2)s1. The molecule has 0 fully saturated rings. The molecule has 0 aliphatic heterocycles. The summed E-state index contributed by atoms with van der Waals surface area (Å²) in [5.41, 5.74) is 2.60. The topological polar surface area (TPSA) is 74.2 Å². The third kappa shape index (κ3) is 4.27. The molecule has 3 N–H and O–H groups in total. The summed E-state index contributed by atoms with van der Waals surface area (Å²) < 4.78 is 0. The van der Waals surface area contributed by atoms with Gasteiger partial charge in [0.15, 0.2) is 0 Å². The number of hydrogen-bond donors (Lipinski definition) is 3. The second kappa shape index (κ2) is 7.19. The van der Waals surface area contributed by atoms with Crippen LogP contribution in [-0.2, 0) is 6.54 Å². The predicted octanol–water partition coefficient (Wildman–Crippen LogP) is 2.09. The second-order valence-corrected chi connectivity index (χ2v) is 5.94. The lowest BCUT2D eigenvalue weighted by molar-refractivity contribution is 0.0945. The number of rotatable bonds is 6. The standard InChI is InChI=1S/C15H19N3O2S/c1-10-14(21-11(2)18-10)9-17-13-5-3-12(4-6-13)15(20)16-7-8-19/h3-6,17,19H,7-9H2,1-2H3,(H,16,20). The van der Waals surface area contributed by atoms with Gasteiger partial charge in [-0.1, -0.05) is 0 Å². The van der Waals surface area contributed by atoms with Gasteiger partial charge in [0.25, 0.3) is 5.91 Å². The maximum atomic E-state index is 11.7. The molecule has 1 aromatic heterocycles. The van der Waals surface area contributed by atoms with Gasteiger partial charge in [-0.3, -0.25) is 4.79 Å². The van der Waals surface area contributed by atoms with Crippen LogP contribution in [-0.4, -0.2) is 29.1 Å². The Hall–Kier alpha value is -1.92. The van der Waals surface area contributed by atoms with Gasteiger partial charge in [0.1, 0.15) is 0 Å². The van der Waals surface area contributed by atoms with E-state index in [0.29, 0.717) is 5.56 Å². The van der Waals surface area contributed by atoms with E-state index in [1.54, 1.807) is 23.5 Å². The number of aromatic nitrogens is 1. The first-order valence-corrected chi connectivity index (χ1v) is 7.57. The Morgan fingerprint density at radius 2 is 2.00 bits per heavy atom. The van der Waals surface area contributed by atoms with Crippen molar-refractivity contribution < 1.29 is 9.90 Å². The van der Waals surface area contributed by atoms with E-state index in [9.17, 15) is 4.79 Å². The number of thiazole rings is 1. The van der Waals surface area contributed by atoms with Crippen LogP contribution in [0.4, 0.5) is 5.69 Å². The largest absolute Gasteiger partial charge is 0.395 e. The number of benzene rings is 1. The van der Waals surface area contributed by atoms with Crippen LogP contribution in [0.5, 0.6) is 0 Å². The van der Waals surface area contributed by atoms with E-state index >= 15 is 0 Å². The van der Waals surface area contributed by atoms with Crippen molar-refractivity contribution in [2.45, 2.75) is 20.4 Å². The average Bonchev–Trinajstić information content (AvgIpc) is 2.81. The molecule has 0 aliphatic rings. The molecule has 2 rings (SSSR count). The van der Waals surface area contributed by atoms with Crippen molar-refractivity contribution in [1.29, 1.82) is 0 Å². The molecule has 0 saturated carbocycles. The molecule has 0 saturated heterocycles. The Bertz CT molecular complexity index is 608. The van der Waals surface area contributed by atoms with Crippen LogP contribution >= 0.6 is 11.3 Å². The fourth-order valence-corrected chi connectivity index (χ4v) is 2.81. The van der Waals surface area contributed by atoms with Crippen LogP contribution < -0.4 is 10.6 Å². The highest BCUT2D eigenvalue weighted by Gasteiger charge is 2.06. The number of amides is 1. The van der Waals surface area contributed by atoms with Crippen molar-refractivity contribution in [3.63, 3.8) is 0 Å². The Morgan fingerprint density at radius 1 is 1.29 bits per heavy atom. The summed E-state index contributed by atoms with van der Waals surface area (Å²) in [6, 6.07) is 7.27. The minimum atomic E-state index is -0.176. The van der Waals surface area contributed by atoms with Gasteiger partial charge in [-0.15, -0.1) is 11.3 Å². The zero-order valence-corrected chi connectivity index (χ0v) is 13.0. The van der Waals surface area contributed by atoms with E-state index in [1.807, 2.05) is 26.0 Å². The fourth-order valence-electron chi connectivity index (χ4n) is 1.93. The maximum Gasteiger partial charge on any atom is 0.251 e. The van der Waals surface area contributed by atoms with Crippen LogP contribution in [0.25, 0.3) is 0 Å². The summed E-state index contributed by atoms with van der Waals surface area (Å²) >= 11 is 1.69. The predicted molar refractivity (Wildman–Crippen MR) is 84.8 cm³/mol. The first-order chi connectivity index (χ1) is 10.1. The molecule has 0 bridgehead atoms. The Morgan fingerprint density at radius 3 is 2.57 bits per heavy atom. The van der Waals surface area contributed by atoms with Gasteiger partial charge in [-0.2, -0.15) is 0 Å². The molecule has 21 heavy (non-hydrogen) atoms. The highest BCUT2D eigenvalue weighted by Crippen LogP contribution is 2.19. The number of carbonyl (C=O) groups excluding carboxylic acids is 1. The first kappa shape index (κ1) is 15.5. The fraction of sp³-hybridized carbons (Fsp3) is 0.333. The van der Waals surface area contributed by atoms with Crippen LogP contribution in [0.2, 0.25) is 0 Å². The van der Waals surface area contributed by atoms with Gasteiger partial charge in [-0.05, 0) is 38.1 Å². The zero-order chi connectivity index (χ0) is 15.2. The number of aryl methyl sites for hydroxylation is 2. The van der Waals surface area contributed by atoms with Gasteiger partial charge in [-0.25, -0.2) is 4.98 Å². The third-order valence-electron chi connectivity index (χ3n) is 3.00. The molecule has 6 heteroatoms. The highest BCUT2D eigenvalue weighted by atomic mass is 32.1. The van der Waals surface area contributed by atoms with E-state index in [2.05, 4.69) is 15.6 Å². The highest BCUT2D eigenvalue weighted by molar-refractivity contribution is 7.11. The van der Waals surface area contributed by atoms with Gasteiger partial charge < -0.3 is 15.7 Å². The van der Waals surface area contributed by atoms with Crippen molar-refractivity contribution in [2.24, 2.45) is 0 Å². The van der Waals surface area contributed by atoms with E-state index in [4.69, 9.17) is 5.11 Å². The number of anilines is 1. The van der Waals surface area contributed by atoms with Crippen LogP contribution in [0.1, 0.15) is 25.9 Å². The molecule has 0 radical (unpaired) electrons. The van der Waals surface area contributed by atoms with Gasteiger partial charge in [0, 0.05) is 22.7 Å². The number of carbonyl (C=O) groups is 1. The first-order valence-electron chi connectivity index (χ1n) is 6.76. The minimum Gasteiger partial charge on any atom is -0.395 e. The number of nitrogens with one attached hydrogen (secondary N) is 2. The summed E-state index contributed by atoms with van der Waals surface area (Å²) in [4.78, 5) is 17.3. The lowest BCUT2D eigenvalue weighted by Gasteiger charge is -2.07. The molecule has 0 unspecified atom stereocenters. The number of aliphatic hydroxyl groups excluding tert-OH is 1. The third-order valence-corrected chi connectivity index (χ3v) is 4.07. The molecule has 1 aromatic carbocycles. The normalized spacial score (nSPS) is 10.4. The van der Waals surface area contributed by atoms with Gasteiger partial charge >= 0.3 is 0 Å². The lowest BCUT2D eigenvalue weighted by atomic mass is 10.2. The summed E-state index contributed by atoms with van der Waals surface area (Å²) in [7, 11) is 0. The van der Waals surface area contributed by atoms with Gasteiger partial charge in [0.05, 0.1) is 23.9 Å². The Kier molecular flexibility index (Phi) is 5.30. The second-order valence-electron chi connectivity index (χ2n) is 4.65. The lowest BCUT2D eigenvalue weighted by Crippen LogP contribution is -2.26. The quantitative estimate of drug-likeness (QED) is 0.764. The summed E-state index contributed by atoms with van der Waals surface area (Å²) in [6.07, 6.45) is 0. The molecule has 0 spiro atoms. The number of hydrogen-bond acceptors (Lipinski definition) is 5. The van der Waals surface area contributed by atoms with Crippen molar-refractivity contribution in [3.05, 3.63) is 45.4 Å². The molecular formula is C15H19N3O2S. The zero-order valence-electron chi connectivity index (χ0n) is 12.1. The molecule has 5 nitrogen and oxygen atoms in total. The smallest absolute Gasteiger partial charge is 0.251 e. The van der Waals surface area contributed by atoms with Crippen LogP contribution in [0.3, 0.4) is 0 Å². The van der Waals surface area contributed by atoms with Crippen molar-refractivity contribution in [1.82, 2.24) is 10.3 Å². The molecular weight excluding hydrogens is 286 g/mol. The van der Waals surface area contributed by atoms with E-state index < -0.39 is 0 Å². The Balaban J connectivity index is 1.93. The monoisotopic (exact) mass is 305 g/mol. The Labute approximate surface area is 128 Å². The summed E-state index contributed by atoms with van der Waals surface area (Å²) in [5, 5.41) is 15.7. The van der Waals surface area contributed by atoms with Gasteiger partial charge in [0.2, 0.25) is 0 Å². The van der Waals surface area contributed by atoms with E-state index in [1.165, 1.54) is 4.88 Å². The molecule has 0 atom stereocenters. The van der Waals surface area contributed by atoms with Crippen LogP contribution in [0.15, 0.2) is 24.3 Å². The van der Waals surface area contributed by atoms with E-state index in [0.717, 1.165) is 22.9 Å². The molecule has 112 valence electrons. The van der Waals surface area contributed by atoms with E-state index in [-0.39, 0.29) is 19.1 Å². The molecule has 1 heterocycles. The maximum absolute atomic E-state index is 11.7.